The molecule has 0 spiro atoms. The number of nitrogens with two attached hydrogens (primary N) is 1. The summed E-state index contributed by atoms with van der Waals surface area (Å²) in [5.41, 5.74) is 5.95. The lowest BCUT2D eigenvalue weighted by atomic mass is 10.2. The van der Waals surface area contributed by atoms with Crippen molar-refractivity contribution in [1.29, 1.82) is 0 Å². The fourth-order valence-corrected chi connectivity index (χ4v) is 2.21. The van der Waals surface area contributed by atoms with E-state index < -0.39 is 5.82 Å². The number of hydrogen-bond acceptors (Lipinski definition) is 2. The maximum Gasteiger partial charge on any atom is 0.179 e. The molecule has 0 aliphatic rings. The first-order valence-corrected chi connectivity index (χ1v) is 6.68. The number of halogens is 2. The largest absolute Gasteiger partial charge is 0.490 e. The van der Waals surface area contributed by atoms with Crippen molar-refractivity contribution in [3.05, 3.63) is 28.0 Å². The van der Waals surface area contributed by atoms with E-state index in [1.54, 1.807) is 12.1 Å². The Kier molecular flexibility index (Phi) is 5.85. The van der Waals surface area contributed by atoms with E-state index in [1.807, 2.05) is 0 Å². The number of hydrogen-bond donors (Lipinski definition) is 1. The Morgan fingerprint density at radius 3 is 2.76 bits per heavy atom. The van der Waals surface area contributed by atoms with E-state index in [1.165, 1.54) is 0 Å². The van der Waals surface area contributed by atoms with Crippen molar-refractivity contribution in [3.8, 4) is 5.75 Å². The molecule has 0 fully saturated rings. The Hall–Kier alpha value is -0.680. The third-order valence-corrected chi connectivity index (χ3v) is 3.31. The Balaban J connectivity index is 2.75. The molecular formula is C12H15BrFNOS. The van der Waals surface area contributed by atoms with Crippen LogP contribution in [0.25, 0.3) is 0 Å². The van der Waals surface area contributed by atoms with Gasteiger partial charge in [-0.15, -0.1) is 0 Å². The van der Waals surface area contributed by atoms with E-state index in [0.717, 1.165) is 19.3 Å². The van der Waals surface area contributed by atoms with Gasteiger partial charge in [-0.2, -0.15) is 0 Å². The fourth-order valence-electron chi connectivity index (χ4n) is 1.37. The van der Waals surface area contributed by atoms with Crippen molar-refractivity contribution >= 4 is 33.1 Å². The third-order valence-electron chi connectivity index (χ3n) is 2.32. The molecule has 0 unspecified atom stereocenters. The van der Waals surface area contributed by atoms with E-state index in [0.29, 0.717) is 12.2 Å². The Labute approximate surface area is 114 Å². The molecule has 0 aliphatic carbocycles. The summed E-state index contributed by atoms with van der Waals surface area (Å²) < 4.78 is 19.5. The molecule has 0 atom stereocenters. The summed E-state index contributed by atoms with van der Waals surface area (Å²) in [4.78, 5) is 0.160. The average Bonchev–Trinajstić information content (AvgIpc) is 2.29. The average molecular weight is 320 g/mol. The molecule has 94 valence electrons. The van der Waals surface area contributed by atoms with Crippen molar-refractivity contribution in [2.24, 2.45) is 5.73 Å². The number of benzene rings is 1. The molecule has 0 bridgehead atoms. The summed E-state index contributed by atoms with van der Waals surface area (Å²) in [6.45, 7) is 2.62. The van der Waals surface area contributed by atoms with Crippen LogP contribution in [0.2, 0.25) is 0 Å². The van der Waals surface area contributed by atoms with Gasteiger partial charge in [0, 0.05) is 5.56 Å². The Morgan fingerprint density at radius 1 is 1.47 bits per heavy atom. The second-order valence-corrected chi connectivity index (χ2v) is 4.89. The zero-order valence-electron chi connectivity index (χ0n) is 9.63. The van der Waals surface area contributed by atoms with Crippen LogP contribution in [0.15, 0.2) is 16.6 Å². The lowest BCUT2D eigenvalue weighted by molar-refractivity contribution is 0.291. The van der Waals surface area contributed by atoms with Crippen LogP contribution in [-0.4, -0.2) is 11.6 Å². The summed E-state index contributed by atoms with van der Waals surface area (Å²) in [5.74, 6) is -0.222. The smallest absolute Gasteiger partial charge is 0.179 e. The number of ether oxygens (including phenoxy) is 1. The van der Waals surface area contributed by atoms with Crippen molar-refractivity contribution in [1.82, 2.24) is 0 Å². The van der Waals surface area contributed by atoms with Crippen molar-refractivity contribution in [2.45, 2.75) is 26.2 Å². The molecular weight excluding hydrogens is 305 g/mol. The van der Waals surface area contributed by atoms with E-state index >= 15 is 0 Å². The molecule has 0 saturated carbocycles. The summed E-state index contributed by atoms with van der Waals surface area (Å²) >= 11 is 7.95. The summed E-state index contributed by atoms with van der Waals surface area (Å²) in [7, 11) is 0. The van der Waals surface area contributed by atoms with Crippen LogP contribution < -0.4 is 10.5 Å². The molecule has 0 heterocycles. The van der Waals surface area contributed by atoms with Gasteiger partial charge in [0.1, 0.15) is 4.99 Å². The van der Waals surface area contributed by atoms with Crippen LogP contribution in [0.1, 0.15) is 31.7 Å². The fraction of sp³-hybridized carbons (Fsp3) is 0.417. The Bertz CT molecular complexity index is 412. The summed E-state index contributed by atoms with van der Waals surface area (Å²) in [6, 6.07) is 3.21. The van der Waals surface area contributed by atoms with Gasteiger partial charge in [-0.3, -0.25) is 0 Å². The molecule has 2 nitrogen and oxygen atoms in total. The van der Waals surface area contributed by atoms with E-state index in [4.69, 9.17) is 22.7 Å². The lowest BCUT2D eigenvalue weighted by Crippen LogP contribution is -2.11. The minimum absolute atomic E-state index is 0.160. The first-order chi connectivity index (χ1) is 8.07. The molecule has 0 radical (unpaired) electrons. The van der Waals surface area contributed by atoms with Crippen LogP contribution in [0.4, 0.5) is 4.39 Å². The third kappa shape index (κ3) is 3.92. The van der Waals surface area contributed by atoms with Gasteiger partial charge in [0.05, 0.1) is 11.1 Å². The highest BCUT2D eigenvalue weighted by molar-refractivity contribution is 9.10. The van der Waals surface area contributed by atoms with E-state index in [-0.39, 0.29) is 15.2 Å². The highest BCUT2D eigenvalue weighted by Crippen LogP contribution is 2.28. The molecule has 1 aromatic carbocycles. The van der Waals surface area contributed by atoms with Crippen LogP contribution >= 0.6 is 28.1 Å². The Morgan fingerprint density at radius 2 is 2.18 bits per heavy atom. The van der Waals surface area contributed by atoms with Gasteiger partial charge in [-0.1, -0.05) is 32.0 Å². The van der Waals surface area contributed by atoms with Crippen molar-refractivity contribution in [3.63, 3.8) is 0 Å². The predicted molar refractivity (Wildman–Crippen MR) is 75.0 cm³/mol. The maximum atomic E-state index is 13.8. The molecule has 1 aromatic rings. The van der Waals surface area contributed by atoms with Gasteiger partial charge < -0.3 is 10.5 Å². The summed E-state index contributed by atoms with van der Waals surface area (Å²) in [6.07, 6.45) is 3.11. The van der Waals surface area contributed by atoms with Gasteiger partial charge in [-0.25, -0.2) is 4.39 Å². The minimum atomic E-state index is -0.452. The molecule has 5 heteroatoms. The van der Waals surface area contributed by atoms with Crippen molar-refractivity contribution < 1.29 is 9.13 Å². The molecule has 0 saturated heterocycles. The first kappa shape index (κ1) is 14.4. The SMILES string of the molecule is CCCCCOc1ccc(C(N)=S)c(Br)c1F. The number of unbranched alkanes of at least 4 members (excludes halogenated alkanes) is 2. The molecule has 1 rings (SSSR count). The molecule has 17 heavy (non-hydrogen) atoms. The zero-order chi connectivity index (χ0) is 12.8. The lowest BCUT2D eigenvalue weighted by Gasteiger charge is -2.10. The highest BCUT2D eigenvalue weighted by Gasteiger charge is 2.13. The van der Waals surface area contributed by atoms with Gasteiger partial charge in [0.15, 0.2) is 11.6 Å². The number of thiocarbonyl (C=S) groups is 1. The predicted octanol–water partition coefficient (Wildman–Crippen LogP) is 3.79. The van der Waals surface area contributed by atoms with Crippen molar-refractivity contribution in [2.75, 3.05) is 6.61 Å². The second-order valence-electron chi connectivity index (χ2n) is 3.66. The monoisotopic (exact) mass is 319 g/mol. The van der Waals surface area contributed by atoms with E-state index in [2.05, 4.69) is 22.9 Å². The van der Waals surface area contributed by atoms with Crippen LogP contribution in [0, 0.1) is 5.82 Å². The van der Waals surface area contributed by atoms with Gasteiger partial charge >= 0.3 is 0 Å². The van der Waals surface area contributed by atoms with E-state index in [9.17, 15) is 4.39 Å². The normalized spacial score (nSPS) is 10.3. The van der Waals surface area contributed by atoms with Gasteiger partial charge in [-0.05, 0) is 34.5 Å². The first-order valence-electron chi connectivity index (χ1n) is 5.48. The standard InChI is InChI=1S/C12H15BrFNOS/c1-2-3-4-7-16-9-6-5-8(12(15)17)10(13)11(9)14/h5-6H,2-4,7H2,1H3,(H2,15,17). The quantitative estimate of drug-likeness (QED) is 0.640. The highest BCUT2D eigenvalue weighted by atomic mass is 79.9. The number of rotatable bonds is 6. The molecule has 2 N–H and O–H groups in total. The molecule has 0 aliphatic heterocycles. The topological polar surface area (TPSA) is 35.2 Å². The van der Waals surface area contributed by atoms with Crippen LogP contribution in [0.5, 0.6) is 5.75 Å². The van der Waals surface area contributed by atoms with Gasteiger partial charge in [0.2, 0.25) is 0 Å². The molecule has 0 aromatic heterocycles. The van der Waals surface area contributed by atoms with Crippen LogP contribution in [-0.2, 0) is 0 Å². The molecule has 0 amide bonds. The maximum absolute atomic E-state index is 13.8. The summed E-state index contributed by atoms with van der Waals surface area (Å²) in [5, 5.41) is 0. The van der Waals surface area contributed by atoms with Gasteiger partial charge in [0.25, 0.3) is 0 Å². The minimum Gasteiger partial charge on any atom is -0.490 e. The zero-order valence-corrected chi connectivity index (χ0v) is 12.0. The second kappa shape index (κ2) is 6.91. The van der Waals surface area contributed by atoms with Crippen LogP contribution in [0.3, 0.4) is 0 Å².